The number of halogens is 3. The first-order valence-corrected chi connectivity index (χ1v) is 11.4. The van der Waals surface area contributed by atoms with E-state index in [9.17, 15) is 22.8 Å². The van der Waals surface area contributed by atoms with Crippen LogP contribution < -0.4 is 27.8 Å². The highest BCUT2D eigenvalue weighted by Gasteiger charge is 2.24. The zero-order valence-electron chi connectivity index (χ0n) is 20.0. The van der Waals surface area contributed by atoms with Gasteiger partial charge in [-0.25, -0.2) is 28.4 Å². The first-order valence-electron chi connectivity index (χ1n) is 11.4. The largest absolute Gasteiger partial charge is 0.397 e. The van der Waals surface area contributed by atoms with Crippen molar-refractivity contribution in [3.8, 4) is 5.69 Å². The van der Waals surface area contributed by atoms with Crippen LogP contribution in [0.3, 0.4) is 0 Å². The van der Waals surface area contributed by atoms with E-state index in [0.717, 1.165) is 14.1 Å². The van der Waals surface area contributed by atoms with Crippen LogP contribution in [0.5, 0.6) is 0 Å². The maximum atomic E-state index is 14.6. The van der Waals surface area contributed by atoms with Crippen LogP contribution in [-0.2, 0) is 6.54 Å². The molecule has 3 aromatic carbocycles. The lowest BCUT2D eigenvalue weighted by atomic mass is 10.1. The van der Waals surface area contributed by atoms with Crippen LogP contribution in [0, 0.1) is 24.4 Å². The van der Waals surface area contributed by atoms with E-state index < -0.39 is 35.2 Å². The van der Waals surface area contributed by atoms with Gasteiger partial charge in [0.05, 0.1) is 35.5 Å². The third-order valence-corrected chi connectivity index (χ3v) is 6.32. The Kier molecular flexibility index (Phi) is 6.21. The van der Waals surface area contributed by atoms with Crippen LogP contribution in [0.2, 0.25) is 0 Å². The molecule has 0 fully saturated rings. The van der Waals surface area contributed by atoms with Gasteiger partial charge >= 0.3 is 5.69 Å². The summed E-state index contributed by atoms with van der Waals surface area (Å²) in [5, 5.41) is 2.25. The molecule has 0 saturated heterocycles. The van der Waals surface area contributed by atoms with Gasteiger partial charge < -0.3 is 5.73 Å². The molecule has 0 aliphatic carbocycles. The average Bonchev–Trinajstić information content (AvgIpc) is 2.89. The lowest BCUT2D eigenvalue weighted by Gasteiger charge is -2.25. The second kappa shape index (κ2) is 9.52. The number of aromatic nitrogens is 3. The molecule has 4 N–H and O–H groups in total. The minimum atomic E-state index is -1.37. The zero-order chi connectivity index (χ0) is 27.1. The Balaban J connectivity index is 1.84. The quantitative estimate of drug-likeness (QED) is 0.158. The molecule has 0 aliphatic rings. The van der Waals surface area contributed by atoms with Gasteiger partial charge in [-0.05, 0) is 25.1 Å². The lowest BCUT2D eigenvalue weighted by Crippen LogP contribution is -2.45. The van der Waals surface area contributed by atoms with Gasteiger partial charge in [-0.1, -0.05) is 36.4 Å². The normalized spacial score (nSPS) is 11.2. The van der Waals surface area contributed by atoms with Crippen LogP contribution in [-0.4, -0.2) is 14.1 Å². The number of nitrogens with zero attached hydrogens (tertiary/aromatic N) is 4. The molecule has 11 heteroatoms. The average molecular weight is 518 g/mol. The number of hydrazine groups is 1. The molecule has 0 amide bonds. The standard InChI is InChI=1S/C27H21F3N6O2/c1-15-25(36(32)23-9-5-4-8-22(23)31)26(37)35(24-13-33-12-16-6-2-3-7-18(16)24)27(38)34(15)14-17-10-20(29)21(30)11-19(17)28/h2-13H,14,31-32H2,1H3. The summed E-state index contributed by atoms with van der Waals surface area (Å²) in [7, 11) is 0. The number of benzene rings is 3. The van der Waals surface area contributed by atoms with Crippen molar-refractivity contribution >= 4 is 27.8 Å². The number of fused-ring (bicyclic) bond motifs is 1. The summed E-state index contributed by atoms with van der Waals surface area (Å²) < 4.78 is 44.1. The highest BCUT2D eigenvalue weighted by molar-refractivity contribution is 5.89. The van der Waals surface area contributed by atoms with Gasteiger partial charge in [0.15, 0.2) is 11.6 Å². The van der Waals surface area contributed by atoms with E-state index in [2.05, 4.69) is 4.98 Å². The SMILES string of the molecule is Cc1c(N(N)c2ccccc2N)c(=O)n(-c2cncc3ccccc23)c(=O)n1Cc1cc(F)c(F)cc1F. The minimum absolute atomic E-state index is 0.0549. The Hall–Kier alpha value is -4.90. The predicted octanol–water partition coefficient (Wildman–Crippen LogP) is 3.92. The minimum Gasteiger partial charge on any atom is -0.397 e. The molecule has 0 aliphatic heterocycles. The van der Waals surface area contributed by atoms with Crippen molar-refractivity contribution < 1.29 is 13.2 Å². The molecule has 0 unspecified atom stereocenters. The molecule has 2 aromatic heterocycles. The Labute approximate surface area is 213 Å². The van der Waals surface area contributed by atoms with E-state index in [1.807, 2.05) is 0 Å². The molecule has 38 heavy (non-hydrogen) atoms. The number of hydrogen-bond acceptors (Lipinski definition) is 6. The molecule has 0 saturated carbocycles. The molecule has 0 atom stereocenters. The highest BCUT2D eigenvalue weighted by Crippen LogP contribution is 2.28. The first kappa shape index (κ1) is 24.8. The second-order valence-corrected chi connectivity index (χ2v) is 8.61. The van der Waals surface area contributed by atoms with E-state index in [1.54, 1.807) is 54.7 Å². The number of para-hydroxylation sites is 2. The maximum absolute atomic E-state index is 14.6. The van der Waals surface area contributed by atoms with Crippen molar-refractivity contribution in [3.05, 3.63) is 123 Å². The Morgan fingerprint density at radius 2 is 1.61 bits per heavy atom. The molecule has 192 valence electrons. The number of nitrogen functional groups attached to an aromatic ring is 1. The fourth-order valence-corrected chi connectivity index (χ4v) is 4.38. The number of anilines is 3. The Bertz CT molecular complexity index is 1830. The summed E-state index contributed by atoms with van der Waals surface area (Å²) >= 11 is 0. The topological polar surface area (TPSA) is 112 Å². The number of rotatable bonds is 5. The van der Waals surface area contributed by atoms with E-state index in [4.69, 9.17) is 11.6 Å². The fraction of sp³-hybridized carbons (Fsp3) is 0.0741. The van der Waals surface area contributed by atoms with Gasteiger partial charge in [0, 0.05) is 28.6 Å². The summed E-state index contributed by atoms with van der Waals surface area (Å²) in [5.74, 6) is 2.69. The lowest BCUT2D eigenvalue weighted by molar-refractivity contribution is 0.486. The molecule has 0 bridgehead atoms. The van der Waals surface area contributed by atoms with E-state index in [1.165, 1.54) is 13.1 Å². The van der Waals surface area contributed by atoms with Crippen molar-refractivity contribution in [2.75, 3.05) is 10.7 Å². The molecular formula is C27H21F3N6O2. The summed E-state index contributed by atoms with van der Waals surface area (Å²) in [6.45, 7) is 0.928. The number of hydrogen-bond donors (Lipinski definition) is 2. The molecule has 2 heterocycles. The highest BCUT2D eigenvalue weighted by atomic mass is 19.2. The van der Waals surface area contributed by atoms with E-state index in [0.29, 0.717) is 22.9 Å². The third kappa shape index (κ3) is 4.08. The summed E-state index contributed by atoms with van der Waals surface area (Å²) in [6.07, 6.45) is 2.93. The van der Waals surface area contributed by atoms with E-state index >= 15 is 0 Å². The van der Waals surface area contributed by atoms with Crippen LogP contribution in [0.15, 0.2) is 82.6 Å². The van der Waals surface area contributed by atoms with Crippen LogP contribution in [0.1, 0.15) is 11.3 Å². The molecule has 5 aromatic rings. The Morgan fingerprint density at radius 1 is 0.921 bits per heavy atom. The second-order valence-electron chi connectivity index (χ2n) is 8.61. The van der Waals surface area contributed by atoms with Crippen molar-refractivity contribution in [3.63, 3.8) is 0 Å². The van der Waals surface area contributed by atoms with Gasteiger partial charge in [-0.15, -0.1) is 0 Å². The summed E-state index contributed by atoms with van der Waals surface area (Å²) in [6, 6.07) is 14.6. The Morgan fingerprint density at radius 3 is 2.37 bits per heavy atom. The zero-order valence-corrected chi connectivity index (χ0v) is 20.0. The van der Waals surface area contributed by atoms with Gasteiger partial charge in [0.2, 0.25) is 0 Å². The third-order valence-electron chi connectivity index (χ3n) is 6.32. The molecular weight excluding hydrogens is 497 g/mol. The fourth-order valence-electron chi connectivity index (χ4n) is 4.38. The van der Waals surface area contributed by atoms with Gasteiger partial charge in [0.1, 0.15) is 11.5 Å². The molecule has 5 rings (SSSR count). The monoisotopic (exact) mass is 518 g/mol. The summed E-state index contributed by atoms with van der Waals surface area (Å²) in [5.41, 5.74) is 4.77. The molecule has 8 nitrogen and oxygen atoms in total. The van der Waals surface area contributed by atoms with E-state index in [-0.39, 0.29) is 34.0 Å². The molecule has 0 radical (unpaired) electrons. The van der Waals surface area contributed by atoms with Crippen LogP contribution >= 0.6 is 0 Å². The van der Waals surface area contributed by atoms with Crippen molar-refractivity contribution in [1.82, 2.24) is 14.1 Å². The predicted molar refractivity (Wildman–Crippen MR) is 139 cm³/mol. The van der Waals surface area contributed by atoms with Gasteiger partial charge in [-0.3, -0.25) is 19.4 Å². The number of pyridine rings is 1. The van der Waals surface area contributed by atoms with Crippen molar-refractivity contribution in [1.29, 1.82) is 0 Å². The smallest absolute Gasteiger partial charge is 0.336 e. The molecule has 0 spiro atoms. The van der Waals surface area contributed by atoms with Gasteiger partial charge in [0.25, 0.3) is 5.56 Å². The van der Waals surface area contributed by atoms with Crippen LogP contribution in [0.4, 0.5) is 30.2 Å². The van der Waals surface area contributed by atoms with Gasteiger partial charge in [-0.2, -0.15) is 0 Å². The maximum Gasteiger partial charge on any atom is 0.336 e. The van der Waals surface area contributed by atoms with Crippen LogP contribution in [0.25, 0.3) is 16.5 Å². The first-order chi connectivity index (χ1) is 18.2. The van der Waals surface area contributed by atoms with Crippen molar-refractivity contribution in [2.45, 2.75) is 13.5 Å². The number of nitrogens with two attached hydrogens (primary N) is 2. The summed E-state index contributed by atoms with van der Waals surface area (Å²) in [4.78, 5) is 31.9. The van der Waals surface area contributed by atoms with Crippen molar-refractivity contribution in [2.24, 2.45) is 5.84 Å².